The van der Waals surface area contributed by atoms with Gasteiger partial charge in [-0.05, 0) is 17.7 Å². The normalized spacial score (nSPS) is 10.9. The summed E-state index contributed by atoms with van der Waals surface area (Å²) in [6.45, 7) is 0. The number of nitrogens with one attached hydrogen (secondary N) is 1. The number of nitrogens with zero attached hydrogens (tertiary/aromatic N) is 2. The van der Waals surface area contributed by atoms with Gasteiger partial charge in [-0.3, -0.25) is 4.68 Å². The number of aryl methyl sites for hydroxylation is 1. The van der Waals surface area contributed by atoms with Gasteiger partial charge in [-0.25, -0.2) is 8.78 Å². The minimum Gasteiger partial charge on any atom is -0.388 e. The van der Waals surface area contributed by atoms with Gasteiger partial charge in [0, 0.05) is 25.3 Å². The number of aromatic nitrogens is 2. The van der Waals surface area contributed by atoms with Gasteiger partial charge in [0.2, 0.25) is 0 Å². The van der Waals surface area contributed by atoms with Crippen LogP contribution in [0.1, 0.15) is 12.1 Å². The molecule has 0 saturated heterocycles. The third-order valence-corrected chi connectivity index (χ3v) is 2.65. The lowest BCUT2D eigenvalue weighted by molar-refractivity contribution is 0.141. The van der Waals surface area contributed by atoms with E-state index in [2.05, 4.69) is 10.4 Å². The molecule has 2 rings (SSSR count). The zero-order chi connectivity index (χ0) is 12.4. The van der Waals surface area contributed by atoms with Gasteiger partial charge in [-0.1, -0.05) is 12.1 Å². The van der Waals surface area contributed by atoms with Crippen molar-refractivity contribution < 1.29 is 8.78 Å². The van der Waals surface area contributed by atoms with Crippen LogP contribution in [0.4, 0.5) is 14.5 Å². The van der Waals surface area contributed by atoms with Crippen molar-refractivity contribution in [1.82, 2.24) is 9.78 Å². The first kappa shape index (κ1) is 11.6. The molecule has 0 amide bonds. The zero-order valence-electron chi connectivity index (χ0n) is 9.61. The van der Waals surface area contributed by atoms with Gasteiger partial charge in [0.05, 0.1) is 6.20 Å². The van der Waals surface area contributed by atoms with E-state index in [4.69, 9.17) is 0 Å². The first-order valence-corrected chi connectivity index (χ1v) is 5.21. The van der Waals surface area contributed by atoms with Gasteiger partial charge in [0.25, 0.3) is 6.43 Å². The van der Waals surface area contributed by atoms with Crippen LogP contribution < -0.4 is 5.32 Å². The summed E-state index contributed by atoms with van der Waals surface area (Å²) in [4.78, 5) is 0. The number of rotatable bonds is 3. The van der Waals surface area contributed by atoms with Crippen LogP contribution in [0.5, 0.6) is 0 Å². The molecule has 1 aromatic heterocycles. The van der Waals surface area contributed by atoms with E-state index in [9.17, 15) is 8.78 Å². The lowest BCUT2D eigenvalue weighted by Crippen LogP contribution is -1.99. The predicted octanol–water partition coefficient (Wildman–Crippen LogP) is 3.07. The van der Waals surface area contributed by atoms with E-state index in [1.54, 1.807) is 13.1 Å². The molecule has 0 bridgehead atoms. The summed E-state index contributed by atoms with van der Waals surface area (Å²) in [6, 6.07) is 7.32. The highest BCUT2D eigenvalue weighted by Crippen LogP contribution is 2.31. The average molecular weight is 237 g/mol. The molecule has 1 N–H and O–H groups in total. The van der Waals surface area contributed by atoms with E-state index >= 15 is 0 Å². The second kappa shape index (κ2) is 4.53. The van der Waals surface area contributed by atoms with Crippen LogP contribution in [-0.2, 0) is 7.05 Å². The first-order chi connectivity index (χ1) is 8.13. The van der Waals surface area contributed by atoms with E-state index in [1.165, 1.54) is 17.9 Å². The van der Waals surface area contributed by atoms with E-state index in [1.807, 2.05) is 18.2 Å². The summed E-state index contributed by atoms with van der Waals surface area (Å²) in [6.07, 6.45) is -1.06. The molecule has 0 aliphatic rings. The van der Waals surface area contributed by atoms with Crippen molar-refractivity contribution in [2.24, 2.45) is 7.05 Å². The average Bonchev–Trinajstić information content (AvgIpc) is 2.71. The zero-order valence-corrected chi connectivity index (χ0v) is 9.61. The molecular weight excluding hydrogens is 224 g/mol. The summed E-state index contributed by atoms with van der Waals surface area (Å²) < 4.78 is 27.0. The Bertz CT molecular complexity index is 520. The van der Waals surface area contributed by atoms with Crippen LogP contribution in [-0.4, -0.2) is 16.8 Å². The van der Waals surface area contributed by atoms with Gasteiger partial charge in [0.15, 0.2) is 0 Å². The molecule has 5 heteroatoms. The van der Waals surface area contributed by atoms with Crippen molar-refractivity contribution in [3.05, 3.63) is 36.2 Å². The van der Waals surface area contributed by atoms with Crippen molar-refractivity contribution in [2.45, 2.75) is 6.43 Å². The molecule has 90 valence electrons. The van der Waals surface area contributed by atoms with Crippen LogP contribution in [0, 0.1) is 0 Å². The van der Waals surface area contributed by atoms with Gasteiger partial charge in [-0.2, -0.15) is 5.10 Å². The Hall–Kier alpha value is -1.91. The van der Waals surface area contributed by atoms with Gasteiger partial charge in [-0.15, -0.1) is 0 Å². The standard InChI is InChI=1S/C12H13F2N3/c1-15-9-5-3-4-8(6-9)10-7-16-17(2)11(10)12(13)14/h3-7,12,15H,1-2H3. The lowest BCUT2D eigenvalue weighted by atomic mass is 10.1. The molecule has 3 nitrogen and oxygen atoms in total. The minimum atomic E-state index is -2.53. The largest absolute Gasteiger partial charge is 0.388 e. The second-order valence-electron chi connectivity index (χ2n) is 3.70. The second-order valence-corrected chi connectivity index (χ2v) is 3.70. The number of benzene rings is 1. The maximum Gasteiger partial charge on any atom is 0.280 e. The Kier molecular flexibility index (Phi) is 3.08. The molecule has 1 heterocycles. The molecule has 0 atom stereocenters. The summed E-state index contributed by atoms with van der Waals surface area (Å²) in [5.41, 5.74) is 2.03. The van der Waals surface area contributed by atoms with Crippen LogP contribution in [0.3, 0.4) is 0 Å². The van der Waals surface area contributed by atoms with E-state index < -0.39 is 6.43 Å². The molecule has 1 aromatic carbocycles. The molecule has 2 aromatic rings. The lowest BCUT2D eigenvalue weighted by Gasteiger charge is -2.07. The molecule has 0 radical (unpaired) electrons. The highest BCUT2D eigenvalue weighted by atomic mass is 19.3. The molecule has 0 fully saturated rings. The summed E-state index contributed by atoms with van der Waals surface area (Å²) in [5.74, 6) is 0. The highest BCUT2D eigenvalue weighted by molar-refractivity contribution is 5.69. The monoisotopic (exact) mass is 237 g/mol. The summed E-state index contributed by atoms with van der Waals surface area (Å²) in [7, 11) is 3.31. The fourth-order valence-electron chi connectivity index (χ4n) is 1.77. The van der Waals surface area contributed by atoms with Gasteiger partial charge < -0.3 is 5.32 Å². The molecule has 0 saturated carbocycles. The smallest absolute Gasteiger partial charge is 0.280 e. The Morgan fingerprint density at radius 3 is 2.76 bits per heavy atom. The third-order valence-electron chi connectivity index (χ3n) is 2.65. The van der Waals surface area contributed by atoms with Gasteiger partial charge in [0.1, 0.15) is 5.69 Å². The Balaban J connectivity index is 2.52. The maximum absolute atomic E-state index is 12.9. The number of anilines is 1. The van der Waals surface area contributed by atoms with Crippen LogP contribution >= 0.6 is 0 Å². The summed E-state index contributed by atoms with van der Waals surface area (Å²) in [5, 5.41) is 6.86. The van der Waals surface area contributed by atoms with E-state index in [-0.39, 0.29) is 5.69 Å². The van der Waals surface area contributed by atoms with Crippen molar-refractivity contribution in [1.29, 1.82) is 0 Å². The van der Waals surface area contributed by atoms with Crippen molar-refractivity contribution >= 4 is 5.69 Å². The SMILES string of the molecule is CNc1cccc(-c2cnn(C)c2C(F)F)c1. The molecular formula is C12H13F2N3. The number of halogens is 2. The first-order valence-electron chi connectivity index (χ1n) is 5.21. The van der Waals surface area contributed by atoms with Gasteiger partial charge >= 0.3 is 0 Å². The Morgan fingerprint density at radius 2 is 2.12 bits per heavy atom. The van der Waals surface area contributed by atoms with Crippen LogP contribution in [0.15, 0.2) is 30.5 Å². The molecule has 0 aliphatic carbocycles. The van der Waals surface area contributed by atoms with Crippen LogP contribution in [0.2, 0.25) is 0 Å². The number of hydrogen-bond acceptors (Lipinski definition) is 2. The molecule has 0 aliphatic heterocycles. The quantitative estimate of drug-likeness (QED) is 0.889. The topological polar surface area (TPSA) is 29.9 Å². The Labute approximate surface area is 98.1 Å². The van der Waals surface area contributed by atoms with Crippen molar-refractivity contribution in [2.75, 3.05) is 12.4 Å². The highest BCUT2D eigenvalue weighted by Gasteiger charge is 2.19. The predicted molar refractivity (Wildman–Crippen MR) is 63.1 cm³/mol. The molecule has 17 heavy (non-hydrogen) atoms. The van der Waals surface area contributed by atoms with E-state index in [0.717, 1.165) is 11.3 Å². The maximum atomic E-state index is 12.9. The van der Waals surface area contributed by atoms with Crippen molar-refractivity contribution in [3.8, 4) is 11.1 Å². The molecule has 0 unspecified atom stereocenters. The number of hydrogen-bond donors (Lipinski definition) is 1. The summed E-state index contributed by atoms with van der Waals surface area (Å²) >= 11 is 0. The minimum absolute atomic E-state index is 0.0572. The fourth-order valence-corrected chi connectivity index (χ4v) is 1.77. The third kappa shape index (κ3) is 2.13. The molecule has 0 spiro atoms. The van der Waals surface area contributed by atoms with Crippen LogP contribution in [0.25, 0.3) is 11.1 Å². The van der Waals surface area contributed by atoms with E-state index in [0.29, 0.717) is 5.56 Å². The number of alkyl halides is 2. The van der Waals surface area contributed by atoms with Crippen molar-refractivity contribution in [3.63, 3.8) is 0 Å². The fraction of sp³-hybridized carbons (Fsp3) is 0.250. The Morgan fingerprint density at radius 1 is 1.35 bits per heavy atom.